The van der Waals surface area contributed by atoms with Crippen LogP contribution in [-0.4, -0.2) is 29.7 Å². The monoisotopic (exact) mass is 259 g/mol. The van der Waals surface area contributed by atoms with Crippen LogP contribution >= 0.6 is 0 Å². The molecule has 2 rings (SSSR count). The van der Waals surface area contributed by atoms with Crippen LogP contribution in [0.5, 0.6) is 0 Å². The molecule has 0 radical (unpaired) electrons. The summed E-state index contributed by atoms with van der Waals surface area (Å²) in [5.74, 6) is 0. The number of ether oxygens (including phenoxy) is 1. The van der Waals surface area contributed by atoms with Gasteiger partial charge in [0, 0.05) is 6.04 Å². The zero-order valence-electron chi connectivity index (χ0n) is 11.4. The molecule has 0 N–H and O–H groups in total. The van der Waals surface area contributed by atoms with Crippen LogP contribution < -0.4 is 0 Å². The van der Waals surface area contributed by atoms with Gasteiger partial charge in [0.15, 0.2) is 0 Å². The second-order valence-corrected chi connectivity index (χ2v) is 4.91. The predicted molar refractivity (Wildman–Crippen MR) is 76.0 cm³/mol. The third-order valence-electron chi connectivity index (χ3n) is 3.62. The van der Waals surface area contributed by atoms with Gasteiger partial charge in [0.05, 0.1) is 6.04 Å². The third kappa shape index (κ3) is 3.16. The van der Waals surface area contributed by atoms with Crippen molar-refractivity contribution in [3.05, 3.63) is 48.6 Å². The Morgan fingerprint density at radius 2 is 2.21 bits per heavy atom. The van der Waals surface area contributed by atoms with Crippen molar-refractivity contribution in [3.8, 4) is 0 Å². The minimum atomic E-state index is -0.186. The fourth-order valence-corrected chi connectivity index (χ4v) is 2.63. The first-order valence-electron chi connectivity index (χ1n) is 6.86. The Labute approximate surface area is 114 Å². The summed E-state index contributed by atoms with van der Waals surface area (Å²) in [5, 5.41) is 0. The molecule has 2 atom stereocenters. The molecular formula is C16H21NO2. The summed E-state index contributed by atoms with van der Waals surface area (Å²) in [6, 6.07) is 10.6. The Balaban J connectivity index is 2.10. The molecule has 1 aliphatic rings. The van der Waals surface area contributed by atoms with Gasteiger partial charge < -0.3 is 4.74 Å². The van der Waals surface area contributed by atoms with Crippen LogP contribution in [-0.2, 0) is 11.2 Å². The molecule has 19 heavy (non-hydrogen) atoms. The molecule has 1 aromatic carbocycles. The van der Waals surface area contributed by atoms with E-state index >= 15 is 0 Å². The maximum absolute atomic E-state index is 11.9. The minimum absolute atomic E-state index is 0.139. The molecule has 1 saturated heterocycles. The van der Waals surface area contributed by atoms with E-state index < -0.39 is 0 Å². The van der Waals surface area contributed by atoms with Gasteiger partial charge >= 0.3 is 6.09 Å². The first kappa shape index (κ1) is 13.7. The molecule has 0 aliphatic carbocycles. The summed E-state index contributed by atoms with van der Waals surface area (Å²) >= 11 is 0. The molecule has 1 heterocycles. The van der Waals surface area contributed by atoms with E-state index in [-0.39, 0.29) is 18.2 Å². The summed E-state index contributed by atoms with van der Waals surface area (Å²) in [7, 11) is 0. The lowest BCUT2D eigenvalue weighted by Gasteiger charge is -2.29. The summed E-state index contributed by atoms with van der Waals surface area (Å²) < 4.78 is 5.23. The van der Waals surface area contributed by atoms with Gasteiger partial charge in [0.2, 0.25) is 0 Å². The maximum Gasteiger partial charge on any atom is 0.410 e. The number of benzene rings is 1. The number of amides is 1. The van der Waals surface area contributed by atoms with Gasteiger partial charge in [-0.3, -0.25) is 4.90 Å². The van der Waals surface area contributed by atoms with Crippen molar-refractivity contribution in [3.63, 3.8) is 0 Å². The SMILES string of the molecule is C=CC[C@H](CC)N1C(=O)OC[C@@H]1Cc1ccccc1. The van der Waals surface area contributed by atoms with Gasteiger partial charge in [0.25, 0.3) is 0 Å². The zero-order chi connectivity index (χ0) is 13.7. The van der Waals surface area contributed by atoms with Gasteiger partial charge in [-0.2, -0.15) is 0 Å². The van der Waals surface area contributed by atoms with Crippen LogP contribution in [0.2, 0.25) is 0 Å². The highest BCUT2D eigenvalue weighted by Crippen LogP contribution is 2.23. The van der Waals surface area contributed by atoms with Gasteiger partial charge in [-0.05, 0) is 24.8 Å². The number of rotatable bonds is 6. The number of hydrogen-bond donors (Lipinski definition) is 0. The molecule has 1 aromatic rings. The van der Waals surface area contributed by atoms with Crippen molar-refractivity contribution in [2.45, 2.75) is 38.3 Å². The Morgan fingerprint density at radius 1 is 1.47 bits per heavy atom. The standard InChI is InChI=1S/C16H21NO2/c1-3-8-14(4-2)17-15(12-19-16(17)18)11-13-9-6-5-7-10-13/h3,5-7,9-10,14-15H,1,4,8,11-12H2,2H3/t14-,15-/m0/s1. The van der Waals surface area contributed by atoms with E-state index in [0.29, 0.717) is 6.61 Å². The van der Waals surface area contributed by atoms with Crippen molar-refractivity contribution in [2.75, 3.05) is 6.61 Å². The van der Waals surface area contributed by atoms with Crippen LogP contribution in [0.4, 0.5) is 4.79 Å². The molecule has 0 bridgehead atoms. The summed E-state index contributed by atoms with van der Waals surface area (Å²) in [5.41, 5.74) is 1.24. The molecule has 3 heteroatoms. The van der Waals surface area contributed by atoms with E-state index in [0.717, 1.165) is 19.3 Å². The fraction of sp³-hybridized carbons (Fsp3) is 0.438. The van der Waals surface area contributed by atoms with E-state index in [4.69, 9.17) is 4.74 Å². The highest BCUT2D eigenvalue weighted by atomic mass is 16.6. The van der Waals surface area contributed by atoms with Gasteiger partial charge in [0.1, 0.15) is 6.61 Å². The van der Waals surface area contributed by atoms with Crippen molar-refractivity contribution < 1.29 is 9.53 Å². The maximum atomic E-state index is 11.9. The van der Waals surface area contributed by atoms with Crippen molar-refractivity contribution in [2.24, 2.45) is 0 Å². The highest BCUT2D eigenvalue weighted by molar-refractivity contribution is 5.70. The molecule has 0 aromatic heterocycles. The molecule has 1 amide bonds. The fourth-order valence-electron chi connectivity index (χ4n) is 2.63. The predicted octanol–water partition coefficient (Wildman–Crippen LogP) is 3.40. The lowest BCUT2D eigenvalue weighted by atomic mass is 10.0. The first-order chi connectivity index (χ1) is 9.26. The third-order valence-corrected chi connectivity index (χ3v) is 3.62. The van der Waals surface area contributed by atoms with Crippen molar-refractivity contribution in [1.29, 1.82) is 0 Å². The van der Waals surface area contributed by atoms with E-state index in [1.54, 1.807) is 0 Å². The summed E-state index contributed by atoms with van der Waals surface area (Å²) in [4.78, 5) is 13.8. The van der Waals surface area contributed by atoms with Gasteiger partial charge in [-0.25, -0.2) is 4.79 Å². The lowest BCUT2D eigenvalue weighted by Crippen LogP contribution is -2.42. The summed E-state index contributed by atoms with van der Waals surface area (Å²) in [6.07, 6.45) is 4.28. The van der Waals surface area contributed by atoms with E-state index in [1.165, 1.54) is 5.56 Å². The first-order valence-corrected chi connectivity index (χ1v) is 6.86. The molecule has 0 unspecified atom stereocenters. The van der Waals surface area contributed by atoms with Crippen LogP contribution in [0.25, 0.3) is 0 Å². The number of cyclic esters (lactones) is 1. The van der Waals surface area contributed by atoms with Crippen molar-refractivity contribution in [1.82, 2.24) is 4.90 Å². The highest BCUT2D eigenvalue weighted by Gasteiger charge is 2.36. The normalized spacial score (nSPS) is 20.2. The Hall–Kier alpha value is -1.77. The Bertz CT molecular complexity index is 430. The number of nitrogens with zero attached hydrogens (tertiary/aromatic N) is 1. The number of carbonyl (C=O) groups is 1. The van der Waals surface area contributed by atoms with Gasteiger partial charge in [-0.15, -0.1) is 6.58 Å². The molecule has 0 spiro atoms. The van der Waals surface area contributed by atoms with Gasteiger partial charge in [-0.1, -0.05) is 43.3 Å². The Morgan fingerprint density at radius 3 is 2.84 bits per heavy atom. The molecular weight excluding hydrogens is 238 g/mol. The zero-order valence-corrected chi connectivity index (χ0v) is 11.4. The van der Waals surface area contributed by atoms with Crippen LogP contribution in [0.3, 0.4) is 0 Å². The average Bonchev–Trinajstić information content (AvgIpc) is 2.78. The quantitative estimate of drug-likeness (QED) is 0.733. The average molecular weight is 259 g/mol. The molecule has 1 aliphatic heterocycles. The number of carbonyl (C=O) groups excluding carboxylic acids is 1. The lowest BCUT2D eigenvalue weighted by molar-refractivity contribution is 0.142. The smallest absolute Gasteiger partial charge is 0.410 e. The van der Waals surface area contributed by atoms with Crippen molar-refractivity contribution >= 4 is 6.09 Å². The van der Waals surface area contributed by atoms with E-state index in [1.807, 2.05) is 29.2 Å². The topological polar surface area (TPSA) is 29.5 Å². The minimum Gasteiger partial charge on any atom is -0.447 e. The van der Waals surface area contributed by atoms with E-state index in [9.17, 15) is 4.79 Å². The van der Waals surface area contributed by atoms with E-state index in [2.05, 4.69) is 25.6 Å². The molecule has 1 fully saturated rings. The van der Waals surface area contributed by atoms with Crippen LogP contribution in [0, 0.1) is 0 Å². The molecule has 102 valence electrons. The van der Waals surface area contributed by atoms with Crippen LogP contribution in [0.15, 0.2) is 43.0 Å². The second kappa shape index (κ2) is 6.41. The molecule has 3 nitrogen and oxygen atoms in total. The Kier molecular flexibility index (Phi) is 4.61. The largest absolute Gasteiger partial charge is 0.447 e. The van der Waals surface area contributed by atoms with Crippen LogP contribution in [0.1, 0.15) is 25.3 Å². The summed E-state index contributed by atoms with van der Waals surface area (Å²) in [6.45, 7) is 6.36. The number of hydrogen-bond acceptors (Lipinski definition) is 2. The second-order valence-electron chi connectivity index (χ2n) is 4.91. The molecule has 0 saturated carbocycles.